The summed E-state index contributed by atoms with van der Waals surface area (Å²) in [6.45, 7) is 2.41. The van der Waals surface area contributed by atoms with Crippen LogP contribution >= 0.6 is 0 Å². The highest BCUT2D eigenvalue weighted by atomic mass is 14.1. The molecule has 1 aliphatic rings. The monoisotopic (exact) mass is 222 g/mol. The van der Waals surface area contributed by atoms with E-state index in [1.165, 1.54) is 77.0 Å². The second-order valence-electron chi connectivity index (χ2n) is 5.57. The Morgan fingerprint density at radius 1 is 0.688 bits per heavy atom. The standard InChI is InChI=1S/C16H30/c1-16-14-12-10-8-6-4-2-3-5-7-9-11-13-15-16/h10,12,16H,2-9,11,13-15H2,1H3/b12-10+. The van der Waals surface area contributed by atoms with Gasteiger partial charge in [0.2, 0.25) is 0 Å². The molecule has 0 spiro atoms. The Morgan fingerprint density at radius 2 is 1.25 bits per heavy atom. The van der Waals surface area contributed by atoms with Crippen LogP contribution in [0.5, 0.6) is 0 Å². The second kappa shape index (κ2) is 9.93. The van der Waals surface area contributed by atoms with Crippen molar-refractivity contribution in [2.75, 3.05) is 0 Å². The fourth-order valence-electron chi connectivity index (χ4n) is 2.56. The lowest BCUT2D eigenvalue weighted by Crippen LogP contribution is -1.92. The average Bonchev–Trinajstić information content (AvgIpc) is 2.29. The van der Waals surface area contributed by atoms with Gasteiger partial charge in [-0.15, -0.1) is 0 Å². The van der Waals surface area contributed by atoms with Crippen LogP contribution in [0.1, 0.15) is 84.0 Å². The summed E-state index contributed by atoms with van der Waals surface area (Å²) in [6.07, 6.45) is 22.0. The van der Waals surface area contributed by atoms with Crippen LogP contribution in [0.15, 0.2) is 12.2 Å². The molecule has 0 aromatic rings. The zero-order chi connectivity index (χ0) is 11.5. The van der Waals surface area contributed by atoms with Crippen molar-refractivity contribution in [1.29, 1.82) is 0 Å². The van der Waals surface area contributed by atoms with Crippen molar-refractivity contribution < 1.29 is 0 Å². The van der Waals surface area contributed by atoms with E-state index in [0.717, 1.165) is 5.92 Å². The zero-order valence-electron chi connectivity index (χ0n) is 11.2. The first-order valence-electron chi connectivity index (χ1n) is 7.54. The van der Waals surface area contributed by atoms with Crippen LogP contribution in [-0.2, 0) is 0 Å². The second-order valence-corrected chi connectivity index (χ2v) is 5.57. The molecule has 0 radical (unpaired) electrons. The molecule has 0 saturated heterocycles. The summed E-state index contributed by atoms with van der Waals surface area (Å²) in [6, 6.07) is 0. The normalized spacial score (nSPS) is 28.9. The van der Waals surface area contributed by atoms with Crippen molar-refractivity contribution in [1.82, 2.24) is 0 Å². The maximum absolute atomic E-state index is 2.42. The smallest absolute Gasteiger partial charge is 0.0325 e. The first-order chi connectivity index (χ1) is 7.89. The number of rotatable bonds is 0. The molecule has 0 aromatic heterocycles. The van der Waals surface area contributed by atoms with E-state index < -0.39 is 0 Å². The Hall–Kier alpha value is -0.260. The minimum Gasteiger partial charge on any atom is -0.0885 e. The van der Waals surface area contributed by atoms with Gasteiger partial charge in [-0.2, -0.15) is 0 Å². The minimum atomic E-state index is 0.904. The molecular weight excluding hydrogens is 192 g/mol. The summed E-state index contributed by atoms with van der Waals surface area (Å²) >= 11 is 0. The van der Waals surface area contributed by atoms with Gasteiger partial charge in [0.25, 0.3) is 0 Å². The molecule has 0 amide bonds. The van der Waals surface area contributed by atoms with Gasteiger partial charge in [-0.3, -0.25) is 0 Å². The summed E-state index contributed by atoms with van der Waals surface area (Å²) in [7, 11) is 0. The number of hydrogen-bond acceptors (Lipinski definition) is 0. The number of allylic oxidation sites excluding steroid dienone is 2. The zero-order valence-corrected chi connectivity index (χ0v) is 11.2. The predicted molar refractivity (Wildman–Crippen MR) is 73.7 cm³/mol. The van der Waals surface area contributed by atoms with Gasteiger partial charge < -0.3 is 0 Å². The van der Waals surface area contributed by atoms with Gasteiger partial charge in [0.05, 0.1) is 0 Å². The Morgan fingerprint density at radius 3 is 1.94 bits per heavy atom. The third-order valence-corrected chi connectivity index (χ3v) is 3.77. The maximum Gasteiger partial charge on any atom is -0.0325 e. The maximum atomic E-state index is 2.42. The first-order valence-corrected chi connectivity index (χ1v) is 7.54. The van der Waals surface area contributed by atoms with Crippen LogP contribution < -0.4 is 0 Å². The van der Waals surface area contributed by atoms with Crippen molar-refractivity contribution in [3.05, 3.63) is 12.2 Å². The SMILES string of the molecule is CC1C/C=C/CCCCCCCCCCC1. The fourth-order valence-corrected chi connectivity index (χ4v) is 2.56. The highest BCUT2D eigenvalue weighted by Crippen LogP contribution is 2.17. The topological polar surface area (TPSA) is 0 Å². The van der Waals surface area contributed by atoms with E-state index in [0.29, 0.717) is 0 Å². The van der Waals surface area contributed by atoms with Crippen LogP contribution in [0.4, 0.5) is 0 Å². The van der Waals surface area contributed by atoms with Crippen LogP contribution in [0.3, 0.4) is 0 Å². The molecule has 0 heterocycles. The Kier molecular flexibility index (Phi) is 8.57. The van der Waals surface area contributed by atoms with Crippen molar-refractivity contribution in [3.63, 3.8) is 0 Å². The minimum absolute atomic E-state index is 0.904. The molecule has 16 heavy (non-hydrogen) atoms. The molecule has 0 saturated carbocycles. The summed E-state index contributed by atoms with van der Waals surface area (Å²) in [5, 5.41) is 0. The third kappa shape index (κ3) is 7.96. The quantitative estimate of drug-likeness (QED) is 0.449. The lowest BCUT2D eigenvalue weighted by Gasteiger charge is -2.08. The molecule has 0 N–H and O–H groups in total. The molecule has 0 heteroatoms. The van der Waals surface area contributed by atoms with Crippen molar-refractivity contribution >= 4 is 0 Å². The summed E-state index contributed by atoms with van der Waals surface area (Å²) in [5.41, 5.74) is 0. The van der Waals surface area contributed by atoms with E-state index in [2.05, 4.69) is 19.1 Å². The largest absolute Gasteiger partial charge is 0.0885 e. The number of hydrogen-bond donors (Lipinski definition) is 0. The van der Waals surface area contributed by atoms with Gasteiger partial charge in [-0.1, -0.05) is 76.9 Å². The third-order valence-electron chi connectivity index (χ3n) is 3.77. The highest BCUT2D eigenvalue weighted by molar-refractivity contribution is 4.83. The van der Waals surface area contributed by atoms with Gasteiger partial charge in [0, 0.05) is 0 Å². The predicted octanol–water partition coefficient (Wildman–Crippen LogP) is 5.87. The van der Waals surface area contributed by atoms with Gasteiger partial charge in [0.15, 0.2) is 0 Å². The highest BCUT2D eigenvalue weighted by Gasteiger charge is 2.00. The van der Waals surface area contributed by atoms with Crippen molar-refractivity contribution in [3.8, 4) is 0 Å². The molecule has 1 rings (SSSR count). The van der Waals surface area contributed by atoms with E-state index in [-0.39, 0.29) is 0 Å². The molecule has 1 atom stereocenters. The molecular formula is C16H30. The van der Waals surface area contributed by atoms with E-state index >= 15 is 0 Å². The Bertz CT molecular complexity index is 169. The fraction of sp³-hybridized carbons (Fsp3) is 0.875. The van der Waals surface area contributed by atoms with Crippen LogP contribution in [0, 0.1) is 5.92 Å². The molecule has 0 aromatic carbocycles. The summed E-state index contributed by atoms with van der Waals surface area (Å²) < 4.78 is 0. The van der Waals surface area contributed by atoms with Gasteiger partial charge in [-0.25, -0.2) is 0 Å². The van der Waals surface area contributed by atoms with Crippen LogP contribution in [-0.4, -0.2) is 0 Å². The van der Waals surface area contributed by atoms with E-state index in [1.54, 1.807) is 0 Å². The first kappa shape index (κ1) is 13.8. The van der Waals surface area contributed by atoms with Crippen LogP contribution in [0.2, 0.25) is 0 Å². The van der Waals surface area contributed by atoms with Crippen molar-refractivity contribution in [2.24, 2.45) is 5.92 Å². The average molecular weight is 222 g/mol. The van der Waals surface area contributed by atoms with Gasteiger partial charge in [0.1, 0.15) is 0 Å². The summed E-state index contributed by atoms with van der Waals surface area (Å²) in [4.78, 5) is 0. The molecule has 0 nitrogen and oxygen atoms in total. The Labute approximate surface area is 103 Å². The molecule has 1 aliphatic carbocycles. The van der Waals surface area contributed by atoms with Crippen LogP contribution in [0.25, 0.3) is 0 Å². The lowest BCUT2D eigenvalue weighted by molar-refractivity contribution is 0.484. The van der Waals surface area contributed by atoms with E-state index in [1.807, 2.05) is 0 Å². The molecule has 0 bridgehead atoms. The molecule has 0 fully saturated rings. The Balaban J connectivity index is 2.18. The molecule has 1 unspecified atom stereocenters. The summed E-state index contributed by atoms with van der Waals surface area (Å²) in [5.74, 6) is 0.904. The molecule has 94 valence electrons. The van der Waals surface area contributed by atoms with E-state index in [9.17, 15) is 0 Å². The van der Waals surface area contributed by atoms with Gasteiger partial charge in [-0.05, 0) is 25.2 Å². The molecule has 0 aliphatic heterocycles. The van der Waals surface area contributed by atoms with E-state index in [4.69, 9.17) is 0 Å². The van der Waals surface area contributed by atoms with Gasteiger partial charge >= 0.3 is 0 Å². The lowest BCUT2D eigenvalue weighted by atomic mass is 9.99. The van der Waals surface area contributed by atoms with Crippen molar-refractivity contribution in [2.45, 2.75) is 84.0 Å².